The highest BCUT2D eigenvalue weighted by Gasteiger charge is 2.55. The molecule has 2 rings (SSSR count). The van der Waals surface area contributed by atoms with Crippen LogP contribution in [0.5, 0.6) is 0 Å². The zero-order valence-corrected chi connectivity index (χ0v) is 11.8. The number of nitrogens with two attached hydrogens (primary N) is 2. The maximum Gasteiger partial charge on any atom is 0.351 e. The van der Waals surface area contributed by atoms with E-state index in [4.69, 9.17) is 16.2 Å². The van der Waals surface area contributed by atoms with Crippen LogP contribution >= 0.6 is 0 Å². The number of aromatic nitrogens is 2. The molecule has 1 saturated heterocycles. The SMILES string of the molecule is C[C@@H](O)[C@H]1O[C@@H](n2ccc(N)nc2=O)C(N)(C#CCF)[C@H]1O. The molecule has 0 aliphatic carbocycles. The third-order valence-electron chi connectivity index (χ3n) is 3.45. The van der Waals surface area contributed by atoms with Crippen molar-refractivity contribution in [2.24, 2.45) is 5.73 Å². The van der Waals surface area contributed by atoms with Crippen molar-refractivity contribution in [1.29, 1.82) is 0 Å². The van der Waals surface area contributed by atoms with E-state index in [0.717, 1.165) is 4.57 Å². The third-order valence-corrected chi connectivity index (χ3v) is 3.45. The Morgan fingerprint density at radius 3 is 2.91 bits per heavy atom. The maximum atomic E-state index is 12.4. The summed E-state index contributed by atoms with van der Waals surface area (Å²) in [7, 11) is 0. The number of alkyl halides is 1. The summed E-state index contributed by atoms with van der Waals surface area (Å²) in [6, 6.07) is 1.34. The molecule has 0 amide bonds. The van der Waals surface area contributed by atoms with E-state index >= 15 is 0 Å². The van der Waals surface area contributed by atoms with E-state index in [1.165, 1.54) is 19.2 Å². The van der Waals surface area contributed by atoms with Crippen LogP contribution in [0.25, 0.3) is 0 Å². The fourth-order valence-corrected chi connectivity index (χ4v) is 2.35. The van der Waals surface area contributed by atoms with Gasteiger partial charge in [-0.3, -0.25) is 4.57 Å². The number of nitrogens with zero attached hydrogens (tertiary/aromatic N) is 2. The number of rotatable bonds is 2. The van der Waals surface area contributed by atoms with Crippen LogP contribution in [0.4, 0.5) is 10.2 Å². The van der Waals surface area contributed by atoms with E-state index < -0.39 is 42.4 Å². The first-order valence-corrected chi connectivity index (χ1v) is 6.52. The first-order valence-electron chi connectivity index (χ1n) is 6.52. The summed E-state index contributed by atoms with van der Waals surface area (Å²) < 4.78 is 18.8. The highest BCUT2D eigenvalue weighted by Crippen LogP contribution is 2.37. The highest BCUT2D eigenvalue weighted by atomic mass is 19.1. The summed E-state index contributed by atoms with van der Waals surface area (Å²) in [4.78, 5) is 15.5. The number of hydrogen-bond acceptors (Lipinski definition) is 7. The Hall–Kier alpha value is -1.99. The Labute approximate surface area is 125 Å². The van der Waals surface area contributed by atoms with Crippen molar-refractivity contribution < 1.29 is 19.3 Å². The van der Waals surface area contributed by atoms with Gasteiger partial charge in [-0.05, 0) is 13.0 Å². The fraction of sp³-hybridized carbons (Fsp3) is 0.538. The van der Waals surface area contributed by atoms with Crippen LogP contribution in [0.15, 0.2) is 17.1 Å². The van der Waals surface area contributed by atoms with E-state index in [1.807, 2.05) is 0 Å². The molecule has 1 unspecified atom stereocenters. The second-order valence-electron chi connectivity index (χ2n) is 5.05. The molecule has 120 valence electrons. The van der Waals surface area contributed by atoms with E-state index in [2.05, 4.69) is 16.8 Å². The molecule has 1 aliphatic heterocycles. The van der Waals surface area contributed by atoms with Crippen LogP contribution in [0, 0.1) is 11.8 Å². The first kappa shape index (κ1) is 16.4. The Bertz CT molecular complexity index is 668. The average Bonchev–Trinajstić information content (AvgIpc) is 2.70. The van der Waals surface area contributed by atoms with Crippen LogP contribution < -0.4 is 17.2 Å². The number of halogens is 1. The number of aliphatic hydroxyl groups excluding tert-OH is 2. The number of hydrogen-bond donors (Lipinski definition) is 4. The van der Waals surface area contributed by atoms with Crippen molar-refractivity contribution in [3.05, 3.63) is 22.7 Å². The van der Waals surface area contributed by atoms with Gasteiger partial charge in [0.25, 0.3) is 0 Å². The molecule has 1 aromatic rings. The second kappa shape index (κ2) is 6.02. The van der Waals surface area contributed by atoms with E-state index in [-0.39, 0.29) is 5.82 Å². The molecule has 6 N–H and O–H groups in total. The Morgan fingerprint density at radius 2 is 2.36 bits per heavy atom. The molecule has 1 aliphatic rings. The lowest BCUT2D eigenvalue weighted by Crippen LogP contribution is -2.55. The van der Waals surface area contributed by atoms with Gasteiger partial charge in [-0.1, -0.05) is 11.8 Å². The van der Waals surface area contributed by atoms with Gasteiger partial charge in [0.1, 0.15) is 24.7 Å². The average molecular weight is 312 g/mol. The molecule has 5 atom stereocenters. The first-order chi connectivity index (χ1) is 10.3. The van der Waals surface area contributed by atoms with Crippen LogP contribution in [-0.2, 0) is 4.74 Å². The van der Waals surface area contributed by atoms with Gasteiger partial charge >= 0.3 is 5.69 Å². The predicted octanol–water partition coefficient (Wildman–Crippen LogP) is -1.86. The van der Waals surface area contributed by atoms with Crippen molar-refractivity contribution in [3.63, 3.8) is 0 Å². The van der Waals surface area contributed by atoms with E-state index in [1.54, 1.807) is 0 Å². The van der Waals surface area contributed by atoms with Crippen molar-refractivity contribution >= 4 is 5.82 Å². The summed E-state index contributed by atoms with van der Waals surface area (Å²) in [6.07, 6.45) is -3.56. The topological polar surface area (TPSA) is 137 Å². The summed E-state index contributed by atoms with van der Waals surface area (Å²) in [5.41, 5.74) is 8.92. The largest absolute Gasteiger partial charge is 0.391 e. The number of nitrogen functional groups attached to an aromatic ring is 1. The van der Waals surface area contributed by atoms with Crippen LogP contribution in [-0.4, -0.2) is 50.3 Å². The third kappa shape index (κ3) is 2.69. The molecule has 0 bridgehead atoms. The minimum atomic E-state index is -1.78. The van der Waals surface area contributed by atoms with Gasteiger partial charge < -0.3 is 26.4 Å². The smallest absolute Gasteiger partial charge is 0.351 e. The van der Waals surface area contributed by atoms with Gasteiger partial charge in [-0.15, -0.1) is 0 Å². The predicted molar refractivity (Wildman–Crippen MR) is 75.2 cm³/mol. The number of anilines is 1. The molecule has 0 saturated carbocycles. The summed E-state index contributed by atoms with van der Waals surface area (Å²) >= 11 is 0. The van der Waals surface area contributed by atoms with Gasteiger partial charge in [0.05, 0.1) is 6.10 Å². The van der Waals surface area contributed by atoms with Crippen LogP contribution in [0.3, 0.4) is 0 Å². The minimum absolute atomic E-state index is 0.00401. The molecule has 8 nitrogen and oxygen atoms in total. The summed E-state index contributed by atoms with van der Waals surface area (Å²) in [6.45, 7) is 0.413. The van der Waals surface area contributed by atoms with Crippen molar-refractivity contribution in [2.45, 2.75) is 37.0 Å². The molecule has 2 heterocycles. The number of ether oxygens (including phenoxy) is 1. The standard InChI is InChI=1S/C13H17FN4O4/c1-7(19)9-10(20)13(16,4-2-5-14)11(22-9)18-6-3-8(15)17-12(18)21/h3,6-7,9-11,19-20H,5,16H2,1H3,(H2,15,17,21)/t7-,9-,10+,11-,13?/m1/s1. The van der Waals surface area contributed by atoms with E-state index in [9.17, 15) is 19.4 Å². The van der Waals surface area contributed by atoms with Crippen molar-refractivity contribution in [1.82, 2.24) is 9.55 Å². The Balaban J connectivity index is 2.53. The van der Waals surface area contributed by atoms with Gasteiger partial charge in [-0.25, -0.2) is 9.18 Å². The van der Waals surface area contributed by atoms with Crippen molar-refractivity contribution in [2.75, 3.05) is 12.4 Å². The molecule has 0 aromatic carbocycles. The molecule has 0 spiro atoms. The normalized spacial score (nSPS) is 32.3. The molecule has 1 fully saturated rings. The molecular formula is C13H17FN4O4. The summed E-state index contributed by atoms with van der Waals surface area (Å²) in [5, 5.41) is 20.0. The zero-order valence-electron chi connectivity index (χ0n) is 11.8. The monoisotopic (exact) mass is 312 g/mol. The summed E-state index contributed by atoms with van der Waals surface area (Å²) in [5.74, 6) is 4.51. The lowest BCUT2D eigenvalue weighted by molar-refractivity contribution is -0.0778. The fourth-order valence-electron chi connectivity index (χ4n) is 2.35. The van der Waals surface area contributed by atoms with Gasteiger partial charge in [-0.2, -0.15) is 4.98 Å². The van der Waals surface area contributed by atoms with Crippen LogP contribution in [0.2, 0.25) is 0 Å². The number of aliphatic hydroxyl groups is 2. The van der Waals surface area contributed by atoms with E-state index in [0.29, 0.717) is 0 Å². The molecule has 1 aromatic heterocycles. The highest BCUT2D eigenvalue weighted by molar-refractivity contribution is 5.28. The lowest BCUT2D eigenvalue weighted by Gasteiger charge is -2.27. The molecular weight excluding hydrogens is 295 g/mol. The van der Waals surface area contributed by atoms with Crippen LogP contribution in [0.1, 0.15) is 13.2 Å². The Morgan fingerprint density at radius 1 is 1.68 bits per heavy atom. The lowest BCUT2D eigenvalue weighted by atomic mass is 9.90. The molecule has 9 heteroatoms. The molecule has 22 heavy (non-hydrogen) atoms. The van der Waals surface area contributed by atoms with Gasteiger partial charge in [0, 0.05) is 6.20 Å². The zero-order chi connectivity index (χ0) is 16.5. The Kier molecular flexibility index (Phi) is 4.48. The molecule has 0 radical (unpaired) electrons. The van der Waals surface area contributed by atoms with Crippen molar-refractivity contribution in [3.8, 4) is 11.8 Å². The second-order valence-corrected chi connectivity index (χ2v) is 5.05. The van der Waals surface area contributed by atoms with Gasteiger partial charge in [0.15, 0.2) is 11.8 Å². The van der Waals surface area contributed by atoms with Gasteiger partial charge in [0.2, 0.25) is 0 Å². The minimum Gasteiger partial charge on any atom is -0.391 e. The quantitative estimate of drug-likeness (QED) is 0.470. The maximum absolute atomic E-state index is 12.4.